The Balaban J connectivity index is 2.32. The highest BCUT2D eigenvalue weighted by Crippen LogP contribution is 2.31. The third-order valence-electron chi connectivity index (χ3n) is 4.03. The highest BCUT2D eigenvalue weighted by Gasteiger charge is 2.14. The molecule has 1 heterocycles. The SMILES string of the molecule is CC/C=C(/Nc1c(C)n(C)c(=O)n(C)c1=O)SCc1c(Cl)cccc1Cl. The Bertz CT molecular complexity index is 944. The largest absolute Gasteiger partial charge is 0.345 e. The van der Waals surface area contributed by atoms with Gasteiger partial charge in [-0.2, -0.15) is 0 Å². The van der Waals surface area contributed by atoms with Crippen molar-refractivity contribution >= 4 is 40.7 Å². The van der Waals surface area contributed by atoms with Gasteiger partial charge in [-0.3, -0.25) is 13.9 Å². The third kappa shape index (κ3) is 4.37. The van der Waals surface area contributed by atoms with Crippen LogP contribution >= 0.6 is 35.0 Å². The average molecular weight is 414 g/mol. The maximum absolute atomic E-state index is 12.5. The van der Waals surface area contributed by atoms with E-state index in [9.17, 15) is 9.59 Å². The van der Waals surface area contributed by atoms with Crippen LogP contribution in [0.15, 0.2) is 38.9 Å². The topological polar surface area (TPSA) is 56.0 Å². The predicted octanol–water partition coefficient (Wildman–Crippen LogP) is 4.30. The van der Waals surface area contributed by atoms with E-state index in [-0.39, 0.29) is 11.2 Å². The molecule has 140 valence electrons. The number of aromatic nitrogens is 2. The summed E-state index contributed by atoms with van der Waals surface area (Å²) in [6.45, 7) is 3.75. The van der Waals surface area contributed by atoms with Gasteiger partial charge in [-0.15, -0.1) is 11.8 Å². The van der Waals surface area contributed by atoms with Crippen molar-refractivity contribution in [3.8, 4) is 0 Å². The summed E-state index contributed by atoms with van der Waals surface area (Å²) < 4.78 is 2.54. The first kappa shape index (κ1) is 20.7. The Kier molecular flexibility index (Phi) is 7.03. The fourth-order valence-corrected chi connectivity index (χ4v) is 4.12. The van der Waals surface area contributed by atoms with Crippen LogP contribution in [-0.2, 0) is 19.8 Å². The highest BCUT2D eigenvalue weighted by atomic mass is 35.5. The van der Waals surface area contributed by atoms with Crippen LogP contribution in [0.5, 0.6) is 0 Å². The average Bonchev–Trinajstić information content (AvgIpc) is 2.61. The molecule has 0 atom stereocenters. The molecule has 0 fully saturated rings. The van der Waals surface area contributed by atoms with Gasteiger partial charge in [0, 0.05) is 35.6 Å². The van der Waals surface area contributed by atoms with Crippen molar-refractivity contribution in [3.05, 3.63) is 71.4 Å². The Labute approximate surface area is 166 Å². The minimum atomic E-state index is -0.357. The van der Waals surface area contributed by atoms with Gasteiger partial charge in [-0.1, -0.05) is 42.3 Å². The van der Waals surface area contributed by atoms with Gasteiger partial charge in [-0.25, -0.2) is 4.79 Å². The number of rotatable bonds is 6. The molecule has 1 aromatic carbocycles. The van der Waals surface area contributed by atoms with Gasteiger partial charge in [0.1, 0.15) is 5.69 Å². The second-order valence-corrected chi connectivity index (χ2v) is 7.59. The molecular formula is C18H21Cl2N3O2S. The zero-order chi connectivity index (χ0) is 19.4. The number of hydrogen-bond acceptors (Lipinski definition) is 4. The quantitative estimate of drug-likeness (QED) is 0.766. The molecule has 26 heavy (non-hydrogen) atoms. The molecule has 0 saturated carbocycles. The van der Waals surface area contributed by atoms with Crippen LogP contribution in [0.4, 0.5) is 5.69 Å². The molecule has 1 aromatic heterocycles. The molecule has 0 saturated heterocycles. The van der Waals surface area contributed by atoms with E-state index >= 15 is 0 Å². The molecule has 2 rings (SSSR count). The maximum Gasteiger partial charge on any atom is 0.330 e. The Hall–Kier alpha value is -1.63. The maximum atomic E-state index is 12.5. The molecule has 0 unspecified atom stereocenters. The monoisotopic (exact) mass is 413 g/mol. The number of allylic oxidation sites excluding steroid dienone is 1. The number of benzene rings is 1. The van der Waals surface area contributed by atoms with E-state index in [1.165, 1.54) is 23.4 Å². The van der Waals surface area contributed by atoms with Gasteiger partial charge in [0.2, 0.25) is 0 Å². The molecule has 1 N–H and O–H groups in total. The number of hydrogen-bond donors (Lipinski definition) is 1. The minimum Gasteiger partial charge on any atom is -0.345 e. The van der Waals surface area contributed by atoms with Gasteiger partial charge < -0.3 is 5.32 Å². The lowest BCUT2D eigenvalue weighted by molar-refractivity contribution is 0.671. The molecule has 0 aliphatic rings. The molecule has 5 nitrogen and oxygen atoms in total. The summed E-state index contributed by atoms with van der Waals surface area (Å²) in [6.07, 6.45) is 2.77. The van der Waals surface area contributed by atoms with E-state index in [1.54, 1.807) is 32.2 Å². The van der Waals surface area contributed by atoms with E-state index in [1.807, 2.05) is 13.0 Å². The van der Waals surface area contributed by atoms with Crippen LogP contribution in [0, 0.1) is 6.92 Å². The van der Waals surface area contributed by atoms with Gasteiger partial charge in [0.05, 0.1) is 5.03 Å². The fourth-order valence-electron chi connectivity index (χ4n) is 2.36. The number of nitrogens with zero attached hydrogens (tertiary/aromatic N) is 2. The van der Waals surface area contributed by atoms with Crippen molar-refractivity contribution in [2.45, 2.75) is 26.0 Å². The molecule has 0 aliphatic carbocycles. The van der Waals surface area contributed by atoms with Crippen molar-refractivity contribution in [3.63, 3.8) is 0 Å². The second kappa shape index (κ2) is 8.84. The number of halogens is 2. The molecule has 0 radical (unpaired) electrons. The summed E-state index contributed by atoms with van der Waals surface area (Å²) in [6, 6.07) is 5.40. The van der Waals surface area contributed by atoms with Crippen molar-refractivity contribution in [2.24, 2.45) is 14.1 Å². The van der Waals surface area contributed by atoms with Crippen LogP contribution in [0.3, 0.4) is 0 Å². The van der Waals surface area contributed by atoms with Crippen molar-refractivity contribution in [1.29, 1.82) is 0 Å². The second-order valence-electron chi connectivity index (χ2n) is 5.76. The van der Waals surface area contributed by atoms with E-state index in [4.69, 9.17) is 23.2 Å². The molecular weight excluding hydrogens is 393 g/mol. The third-order valence-corrected chi connectivity index (χ3v) is 5.75. The Morgan fingerprint density at radius 3 is 2.38 bits per heavy atom. The molecule has 8 heteroatoms. The summed E-state index contributed by atoms with van der Waals surface area (Å²) in [4.78, 5) is 24.5. The van der Waals surface area contributed by atoms with Crippen LogP contribution in [0.1, 0.15) is 24.6 Å². The lowest BCUT2D eigenvalue weighted by atomic mass is 10.2. The van der Waals surface area contributed by atoms with Gasteiger partial charge >= 0.3 is 5.69 Å². The summed E-state index contributed by atoms with van der Waals surface area (Å²) in [7, 11) is 3.11. The first-order chi connectivity index (χ1) is 12.3. The van der Waals surface area contributed by atoms with Crippen LogP contribution in [-0.4, -0.2) is 9.13 Å². The smallest absolute Gasteiger partial charge is 0.330 e. The number of thioether (sulfide) groups is 1. The molecule has 0 bridgehead atoms. The van der Waals surface area contributed by atoms with Crippen molar-refractivity contribution in [2.75, 3.05) is 5.32 Å². The summed E-state index contributed by atoms with van der Waals surface area (Å²) in [5.41, 5.74) is 1.09. The summed E-state index contributed by atoms with van der Waals surface area (Å²) in [5, 5.41) is 5.20. The lowest BCUT2D eigenvalue weighted by Crippen LogP contribution is -2.39. The van der Waals surface area contributed by atoms with Gasteiger partial charge in [-0.05, 0) is 31.0 Å². The van der Waals surface area contributed by atoms with Crippen LogP contribution in [0.2, 0.25) is 10.0 Å². The van der Waals surface area contributed by atoms with Crippen LogP contribution < -0.4 is 16.6 Å². The Morgan fingerprint density at radius 2 is 1.81 bits per heavy atom. The zero-order valence-corrected chi connectivity index (χ0v) is 17.4. The van der Waals surface area contributed by atoms with E-state index < -0.39 is 0 Å². The van der Waals surface area contributed by atoms with E-state index in [2.05, 4.69) is 5.32 Å². The van der Waals surface area contributed by atoms with Crippen molar-refractivity contribution < 1.29 is 0 Å². The molecule has 2 aromatic rings. The zero-order valence-electron chi connectivity index (χ0n) is 15.1. The fraction of sp³-hybridized carbons (Fsp3) is 0.333. The molecule has 0 aliphatic heterocycles. The lowest BCUT2D eigenvalue weighted by Gasteiger charge is -2.16. The Morgan fingerprint density at radius 1 is 1.19 bits per heavy atom. The van der Waals surface area contributed by atoms with Crippen molar-refractivity contribution in [1.82, 2.24) is 9.13 Å². The number of anilines is 1. The van der Waals surface area contributed by atoms with E-state index in [0.717, 1.165) is 21.6 Å². The van der Waals surface area contributed by atoms with Crippen LogP contribution in [0.25, 0.3) is 0 Å². The summed E-state index contributed by atoms with van der Waals surface area (Å²) in [5.74, 6) is 0.558. The standard InChI is InChI=1S/C18H21Cl2N3O2S/c1-5-7-15(26-10-12-13(19)8-6-9-14(12)20)21-16-11(2)22(3)18(25)23(4)17(16)24/h6-9,21H,5,10H2,1-4H3/b15-7-. The molecule has 0 spiro atoms. The highest BCUT2D eigenvalue weighted by molar-refractivity contribution is 8.02. The first-order valence-electron chi connectivity index (χ1n) is 8.07. The van der Waals surface area contributed by atoms with Gasteiger partial charge in [0.15, 0.2) is 0 Å². The predicted molar refractivity (Wildman–Crippen MR) is 111 cm³/mol. The normalized spacial score (nSPS) is 11.7. The molecule has 0 amide bonds. The van der Waals surface area contributed by atoms with E-state index in [0.29, 0.717) is 27.2 Å². The van der Waals surface area contributed by atoms with Gasteiger partial charge in [0.25, 0.3) is 5.56 Å². The summed E-state index contributed by atoms with van der Waals surface area (Å²) >= 11 is 14.0. The first-order valence-corrected chi connectivity index (χ1v) is 9.81. The number of nitrogens with one attached hydrogen (secondary N) is 1. The minimum absolute atomic E-state index is 0.352.